The van der Waals surface area contributed by atoms with Crippen molar-refractivity contribution in [2.24, 2.45) is 79.2 Å². The van der Waals surface area contributed by atoms with Crippen LogP contribution in [0.5, 0.6) is 0 Å². The third kappa shape index (κ3) is 3.64. The fourth-order valence-corrected chi connectivity index (χ4v) is 14.6. The first-order chi connectivity index (χ1) is 19.3. The number of hydrogen-bond donors (Lipinski definition) is 0. The van der Waals surface area contributed by atoms with Gasteiger partial charge < -0.3 is 0 Å². The molecule has 0 amide bonds. The molecule has 0 saturated heterocycles. The Bertz CT molecular complexity index is 989. The third-order valence-corrected chi connectivity index (χ3v) is 16.9. The fraction of sp³-hybridized carbons (Fsp3) is 0.947. The molecule has 0 aliphatic heterocycles. The lowest BCUT2D eigenvalue weighted by atomic mass is 9.45. The molecule has 8 saturated carbocycles. The van der Waals surface area contributed by atoms with Gasteiger partial charge in [0.15, 0.2) is 0 Å². The van der Waals surface area contributed by atoms with E-state index in [1.165, 1.54) is 140 Å². The first-order valence-electron chi connectivity index (χ1n) is 18.4. The molecule has 0 aromatic heterocycles. The van der Waals surface area contributed by atoms with Gasteiger partial charge in [0, 0.05) is 22.3 Å². The maximum absolute atomic E-state index is 5.32. The Balaban J connectivity index is 1.02. The normalized spacial score (nSPS) is 57.5. The van der Waals surface area contributed by atoms with Crippen LogP contribution in [-0.4, -0.2) is 11.4 Å². The Morgan fingerprint density at radius 1 is 0.450 bits per heavy atom. The van der Waals surface area contributed by atoms with E-state index in [-0.39, 0.29) is 0 Å². The molecule has 40 heavy (non-hydrogen) atoms. The number of rotatable bonds is 1. The van der Waals surface area contributed by atoms with Gasteiger partial charge in [0.05, 0.1) is 0 Å². The molecule has 0 bridgehead atoms. The summed E-state index contributed by atoms with van der Waals surface area (Å²) >= 11 is 0. The van der Waals surface area contributed by atoms with Crippen molar-refractivity contribution in [3.8, 4) is 0 Å². The van der Waals surface area contributed by atoms with E-state index < -0.39 is 0 Å². The van der Waals surface area contributed by atoms with Crippen LogP contribution >= 0.6 is 0 Å². The second-order valence-electron chi connectivity index (χ2n) is 17.9. The van der Waals surface area contributed by atoms with Crippen LogP contribution in [0.4, 0.5) is 0 Å². The lowest BCUT2D eigenvalue weighted by molar-refractivity contribution is -0.0938. The van der Waals surface area contributed by atoms with Gasteiger partial charge in [0.1, 0.15) is 0 Å². The van der Waals surface area contributed by atoms with Crippen LogP contribution in [0.3, 0.4) is 0 Å². The predicted octanol–water partition coefficient (Wildman–Crippen LogP) is 10.6. The molecule has 12 atom stereocenters. The second-order valence-corrected chi connectivity index (χ2v) is 17.9. The summed E-state index contributed by atoms with van der Waals surface area (Å²) in [6.45, 7) is 10.7. The molecule has 0 aromatic rings. The minimum Gasteiger partial charge on any atom is -0.160 e. The summed E-state index contributed by atoms with van der Waals surface area (Å²) in [6, 6.07) is 0. The maximum Gasteiger partial charge on any atom is 0.0467 e. The van der Waals surface area contributed by atoms with Crippen molar-refractivity contribution < 1.29 is 0 Å². The molecule has 0 radical (unpaired) electrons. The van der Waals surface area contributed by atoms with Gasteiger partial charge in [0.2, 0.25) is 0 Å². The molecule has 8 fully saturated rings. The van der Waals surface area contributed by atoms with Crippen LogP contribution in [0, 0.1) is 69.0 Å². The number of nitrogens with zero attached hydrogens (tertiary/aromatic N) is 2. The smallest absolute Gasteiger partial charge is 0.0467 e. The Hall–Kier alpha value is -0.660. The maximum atomic E-state index is 5.32. The molecule has 0 spiro atoms. The van der Waals surface area contributed by atoms with Crippen molar-refractivity contribution in [3.63, 3.8) is 0 Å². The molecule has 0 aromatic carbocycles. The molecule has 8 aliphatic carbocycles. The summed E-state index contributed by atoms with van der Waals surface area (Å²) in [5.74, 6) is 7.68. The van der Waals surface area contributed by atoms with Gasteiger partial charge in [-0.15, -0.1) is 0 Å². The van der Waals surface area contributed by atoms with Crippen LogP contribution in [0.15, 0.2) is 10.2 Å². The lowest BCUT2D eigenvalue weighted by Crippen LogP contribution is -2.53. The second kappa shape index (κ2) is 9.42. The number of fused-ring (bicyclic) bond motifs is 10. The van der Waals surface area contributed by atoms with E-state index in [4.69, 9.17) is 10.2 Å². The van der Waals surface area contributed by atoms with Gasteiger partial charge in [0.25, 0.3) is 0 Å². The van der Waals surface area contributed by atoms with E-state index in [1.54, 1.807) is 0 Å². The zero-order chi connectivity index (χ0) is 27.3. The summed E-state index contributed by atoms with van der Waals surface area (Å²) in [6.07, 6.45) is 29.0. The standard InChI is InChI=1S/C38H60N2/c1-35-21-7-5-9-25(35)11-13-27-29-15-17-33(37(29,3)23-19-31(27)35)39-40-34-18-16-30-28-14-12-26-10-6-8-22-36(26,2)32(28)20-24-38(30,34)4/h25-32H,5-24H2,1-4H3/t25-,26-,27-,28+,29-,30-,31-,32-,35+,36-,37+,38+/m1/s1. The quantitative estimate of drug-likeness (QED) is 0.293. The SMILES string of the molecule is C[C@]12CCCC[C@@H]1CC[C@H]1[C@H]2CC[C@]2(C)C(=NN=C3CC[C@@H]4[C@@H]5CC[C@H]6CCCC[C@@]6(C)[C@@H]5CC[C@]34C)CC[C@H]12. The molecule has 8 rings (SSSR count). The molecule has 0 unspecified atom stereocenters. The van der Waals surface area contributed by atoms with Gasteiger partial charge in [-0.3, -0.25) is 0 Å². The molecule has 222 valence electrons. The molecule has 8 aliphatic rings. The van der Waals surface area contributed by atoms with E-state index in [0.29, 0.717) is 21.7 Å². The highest BCUT2D eigenvalue weighted by atomic mass is 15.2. The largest absolute Gasteiger partial charge is 0.160 e. The molecule has 2 heteroatoms. The van der Waals surface area contributed by atoms with E-state index in [9.17, 15) is 0 Å². The van der Waals surface area contributed by atoms with Crippen LogP contribution in [0.2, 0.25) is 0 Å². The summed E-state index contributed by atoms with van der Waals surface area (Å²) in [5.41, 5.74) is 4.96. The van der Waals surface area contributed by atoms with Crippen molar-refractivity contribution in [3.05, 3.63) is 0 Å². The monoisotopic (exact) mass is 544 g/mol. The predicted molar refractivity (Wildman–Crippen MR) is 168 cm³/mol. The van der Waals surface area contributed by atoms with Crippen molar-refractivity contribution in [1.29, 1.82) is 0 Å². The van der Waals surface area contributed by atoms with E-state index in [2.05, 4.69) is 27.7 Å². The summed E-state index contributed by atoms with van der Waals surface area (Å²) in [7, 11) is 0. The average Bonchev–Trinajstić information content (AvgIpc) is 3.47. The Kier molecular flexibility index (Phi) is 6.34. The Morgan fingerprint density at radius 3 is 1.35 bits per heavy atom. The van der Waals surface area contributed by atoms with Gasteiger partial charge in [-0.1, -0.05) is 53.4 Å². The van der Waals surface area contributed by atoms with Crippen LogP contribution < -0.4 is 0 Å². The van der Waals surface area contributed by atoms with E-state index in [1.807, 2.05) is 0 Å². The summed E-state index contributed by atoms with van der Waals surface area (Å²) in [4.78, 5) is 0. The average molecular weight is 545 g/mol. The van der Waals surface area contributed by atoms with Crippen molar-refractivity contribution in [2.45, 2.75) is 156 Å². The van der Waals surface area contributed by atoms with Crippen molar-refractivity contribution >= 4 is 11.4 Å². The Labute approximate surface area is 246 Å². The van der Waals surface area contributed by atoms with Gasteiger partial charge in [-0.25, -0.2) is 0 Å². The highest BCUT2D eigenvalue weighted by molar-refractivity contribution is 5.95. The minimum atomic E-state index is 0.327. The summed E-state index contributed by atoms with van der Waals surface area (Å²) in [5, 5.41) is 10.6. The summed E-state index contributed by atoms with van der Waals surface area (Å²) < 4.78 is 0. The van der Waals surface area contributed by atoms with Crippen LogP contribution in [-0.2, 0) is 0 Å². The van der Waals surface area contributed by atoms with Crippen LogP contribution in [0.1, 0.15) is 156 Å². The number of hydrogen-bond acceptors (Lipinski definition) is 2. The Morgan fingerprint density at radius 2 is 0.900 bits per heavy atom. The van der Waals surface area contributed by atoms with Crippen LogP contribution in [0.25, 0.3) is 0 Å². The molecular weight excluding hydrogens is 484 g/mol. The van der Waals surface area contributed by atoms with Gasteiger partial charge in [-0.05, 0) is 161 Å². The van der Waals surface area contributed by atoms with Crippen molar-refractivity contribution in [2.75, 3.05) is 0 Å². The highest BCUT2D eigenvalue weighted by Crippen LogP contribution is 2.67. The molecule has 0 heterocycles. The lowest BCUT2D eigenvalue weighted by Gasteiger charge is -2.60. The molecular formula is C38H60N2. The zero-order valence-corrected chi connectivity index (χ0v) is 26.7. The van der Waals surface area contributed by atoms with Gasteiger partial charge >= 0.3 is 0 Å². The third-order valence-electron chi connectivity index (χ3n) is 16.9. The molecule has 2 nitrogen and oxygen atoms in total. The first kappa shape index (κ1) is 26.9. The zero-order valence-electron chi connectivity index (χ0n) is 26.7. The van der Waals surface area contributed by atoms with Gasteiger partial charge in [-0.2, -0.15) is 10.2 Å². The topological polar surface area (TPSA) is 24.7 Å². The van der Waals surface area contributed by atoms with Crippen molar-refractivity contribution in [1.82, 2.24) is 0 Å². The minimum absolute atomic E-state index is 0.327. The molecule has 0 N–H and O–H groups in total. The highest BCUT2D eigenvalue weighted by Gasteiger charge is 2.61. The van der Waals surface area contributed by atoms with E-state index in [0.717, 1.165) is 47.3 Å². The first-order valence-corrected chi connectivity index (χ1v) is 18.4. The van der Waals surface area contributed by atoms with E-state index >= 15 is 0 Å². The fourth-order valence-electron chi connectivity index (χ4n) is 14.6.